The highest BCUT2D eigenvalue weighted by atomic mass is 35.5. The summed E-state index contributed by atoms with van der Waals surface area (Å²) in [6.07, 6.45) is 0. The van der Waals surface area contributed by atoms with E-state index in [0.29, 0.717) is 10.8 Å². The molecule has 2 rings (SSSR count). The van der Waals surface area contributed by atoms with Gasteiger partial charge in [-0.05, 0) is 30.3 Å². The van der Waals surface area contributed by atoms with Gasteiger partial charge < -0.3 is 15.4 Å². The Hall–Kier alpha value is -2.51. The van der Waals surface area contributed by atoms with Crippen LogP contribution < -0.4 is 15.4 Å². The number of carbonyl (C=O) groups is 1. The summed E-state index contributed by atoms with van der Waals surface area (Å²) in [5, 5.41) is 16.3. The van der Waals surface area contributed by atoms with Crippen molar-refractivity contribution in [3.8, 4) is 5.75 Å². The first kappa shape index (κ1) is 16.9. The monoisotopic (exact) mass is 355 g/mol. The van der Waals surface area contributed by atoms with E-state index in [4.69, 9.17) is 27.9 Å². The molecule has 0 saturated carbocycles. The number of halogens is 2. The standard InChI is InChI=1S/C14H11Cl2N3O4/c15-9-1-4-11(5-2-9)23-8-17-14(20)18-13-7-10(19(21)22)3-6-12(13)16/h1-7H,8H2,(H2,17,18,20). The lowest BCUT2D eigenvalue weighted by atomic mass is 10.3. The summed E-state index contributed by atoms with van der Waals surface area (Å²) in [7, 11) is 0. The number of carbonyl (C=O) groups excluding carboxylic acids is 1. The van der Waals surface area contributed by atoms with E-state index in [2.05, 4.69) is 10.6 Å². The van der Waals surface area contributed by atoms with E-state index in [0.717, 1.165) is 0 Å². The van der Waals surface area contributed by atoms with E-state index in [1.54, 1.807) is 24.3 Å². The van der Waals surface area contributed by atoms with Gasteiger partial charge in [-0.2, -0.15) is 0 Å². The molecule has 7 nitrogen and oxygen atoms in total. The van der Waals surface area contributed by atoms with Crippen molar-refractivity contribution in [2.75, 3.05) is 12.0 Å². The van der Waals surface area contributed by atoms with Crippen molar-refractivity contribution < 1.29 is 14.5 Å². The summed E-state index contributed by atoms with van der Waals surface area (Å²) in [5.41, 5.74) is -0.0491. The molecule has 2 aromatic carbocycles. The second kappa shape index (κ2) is 7.66. The molecule has 23 heavy (non-hydrogen) atoms. The van der Waals surface area contributed by atoms with Gasteiger partial charge in [0.1, 0.15) is 5.75 Å². The average Bonchev–Trinajstić information content (AvgIpc) is 2.51. The molecule has 9 heteroatoms. The van der Waals surface area contributed by atoms with Crippen LogP contribution >= 0.6 is 23.2 Å². The number of nitro groups is 1. The highest BCUT2D eigenvalue weighted by Crippen LogP contribution is 2.26. The highest BCUT2D eigenvalue weighted by molar-refractivity contribution is 6.33. The maximum Gasteiger partial charge on any atom is 0.321 e. The number of nitro benzene ring substituents is 1. The number of nitrogens with zero attached hydrogens (tertiary/aromatic N) is 1. The molecule has 0 aliphatic heterocycles. The lowest BCUT2D eigenvalue weighted by Crippen LogP contribution is -2.32. The number of ether oxygens (including phenoxy) is 1. The second-order valence-electron chi connectivity index (χ2n) is 4.29. The number of amides is 2. The summed E-state index contributed by atoms with van der Waals surface area (Å²) in [6, 6.07) is 9.75. The van der Waals surface area contributed by atoms with Crippen LogP contribution in [-0.4, -0.2) is 17.7 Å². The largest absolute Gasteiger partial charge is 0.473 e. The van der Waals surface area contributed by atoms with Crippen molar-refractivity contribution in [1.29, 1.82) is 0 Å². The third-order valence-corrected chi connectivity index (χ3v) is 3.28. The van der Waals surface area contributed by atoms with Gasteiger partial charge in [-0.3, -0.25) is 10.1 Å². The fourth-order valence-electron chi connectivity index (χ4n) is 1.60. The molecule has 0 aromatic heterocycles. The van der Waals surface area contributed by atoms with E-state index in [1.807, 2.05) is 0 Å². The van der Waals surface area contributed by atoms with Gasteiger partial charge in [0.05, 0.1) is 15.6 Å². The van der Waals surface area contributed by atoms with Gasteiger partial charge in [0.25, 0.3) is 5.69 Å². The number of urea groups is 1. The van der Waals surface area contributed by atoms with E-state index in [-0.39, 0.29) is 23.1 Å². The number of hydrogen-bond donors (Lipinski definition) is 2. The smallest absolute Gasteiger partial charge is 0.321 e. The molecule has 120 valence electrons. The zero-order chi connectivity index (χ0) is 16.8. The molecule has 2 aromatic rings. The molecule has 0 spiro atoms. The third-order valence-electron chi connectivity index (χ3n) is 2.69. The number of non-ortho nitro benzene ring substituents is 1. The van der Waals surface area contributed by atoms with E-state index < -0.39 is 11.0 Å². The molecule has 0 fully saturated rings. The molecular weight excluding hydrogens is 345 g/mol. The molecule has 0 aliphatic carbocycles. The van der Waals surface area contributed by atoms with Crippen LogP contribution in [0.4, 0.5) is 16.2 Å². The predicted octanol–water partition coefficient (Wildman–Crippen LogP) is 4.06. The molecule has 2 amide bonds. The van der Waals surface area contributed by atoms with Gasteiger partial charge in [0.2, 0.25) is 0 Å². The van der Waals surface area contributed by atoms with Gasteiger partial charge in [-0.1, -0.05) is 23.2 Å². The number of hydrogen-bond acceptors (Lipinski definition) is 4. The number of anilines is 1. The van der Waals surface area contributed by atoms with E-state index >= 15 is 0 Å². The minimum absolute atomic E-state index is 0.0972. The molecule has 0 saturated heterocycles. The molecule has 2 N–H and O–H groups in total. The Morgan fingerprint density at radius 2 is 1.87 bits per heavy atom. The average molecular weight is 356 g/mol. The highest BCUT2D eigenvalue weighted by Gasteiger charge is 2.11. The molecular formula is C14H11Cl2N3O4. The van der Waals surface area contributed by atoms with Crippen LogP contribution in [0.15, 0.2) is 42.5 Å². The topological polar surface area (TPSA) is 93.5 Å². The zero-order valence-corrected chi connectivity index (χ0v) is 13.1. The normalized spacial score (nSPS) is 10.0. The molecule has 0 unspecified atom stereocenters. The van der Waals surface area contributed by atoms with Crippen molar-refractivity contribution in [3.05, 3.63) is 62.6 Å². The second-order valence-corrected chi connectivity index (χ2v) is 5.14. The molecule has 0 aliphatic rings. The Morgan fingerprint density at radius 3 is 2.52 bits per heavy atom. The molecule has 0 radical (unpaired) electrons. The quantitative estimate of drug-likeness (QED) is 0.480. The number of rotatable bonds is 5. The minimum Gasteiger partial charge on any atom is -0.473 e. The van der Waals surface area contributed by atoms with E-state index in [1.165, 1.54) is 18.2 Å². The lowest BCUT2D eigenvalue weighted by molar-refractivity contribution is -0.384. The number of nitrogens with one attached hydrogen (secondary N) is 2. The van der Waals surface area contributed by atoms with E-state index in [9.17, 15) is 14.9 Å². The van der Waals surface area contributed by atoms with Crippen molar-refractivity contribution in [2.45, 2.75) is 0 Å². The van der Waals surface area contributed by atoms with Crippen LogP contribution in [0, 0.1) is 10.1 Å². The fraction of sp³-hybridized carbons (Fsp3) is 0.0714. The summed E-state index contributed by atoms with van der Waals surface area (Å²) >= 11 is 11.6. The first-order valence-corrected chi connectivity index (χ1v) is 7.08. The van der Waals surface area contributed by atoms with Crippen molar-refractivity contribution in [2.24, 2.45) is 0 Å². The molecule has 0 bridgehead atoms. The third kappa shape index (κ3) is 5.01. The maximum atomic E-state index is 11.7. The molecule has 0 atom stereocenters. The van der Waals surface area contributed by atoms with Crippen molar-refractivity contribution >= 4 is 40.6 Å². The Kier molecular flexibility index (Phi) is 5.61. The lowest BCUT2D eigenvalue weighted by Gasteiger charge is -2.10. The van der Waals surface area contributed by atoms with Crippen LogP contribution in [-0.2, 0) is 0 Å². The number of benzene rings is 2. The first-order chi connectivity index (χ1) is 11.0. The summed E-state index contributed by atoms with van der Waals surface area (Å²) in [5.74, 6) is 0.531. The van der Waals surface area contributed by atoms with Crippen LogP contribution in [0.2, 0.25) is 10.0 Å². The first-order valence-electron chi connectivity index (χ1n) is 6.33. The Labute approximate surface area is 141 Å². The van der Waals surface area contributed by atoms with Gasteiger partial charge in [0, 0.05) is 17.2 Å². The van der Waals surface area contributed by atoms with Crippen molar-refractivity contribution in [3.63, 3.8) is 0 Å². The van der Waals surface area contributed by atoms with Gasteiger partial charge in [-0.25, -0.2) is 4.79 Å². The molecule has 0 heterocycles. The van der Waals surface area contributed by atoms with Gasteiger partial charge in [-0.15, -0.1) is 0 Å². The minimum atomic E-state index is -0.610. The summed E-state index contributed by atoms with van der Waals surface area (Å²) in [4.78, 5) is 21.9. The maximum absolute atomic E-state index is 11.7. The Balaban J connectivity index is 1.88. The van der Waals surface area contributed by atoms with Crippen molar-refractivity contribution in [1.82, 2.24) is 5.32 Å². The zero-order valence-electron chi connectivity index (χ0n) is 11.6. The van der Waals surface area contributed by atoms with Gasteiger partial charge in [0.15, 0.2) is 6.73 Å². The Bertz CT molecular complexity index is 722. The van der Waals surface area contributed by atoms with Crippen LogP contribution in [0.5, 0.6) is 5.75 Å². The summed E-state index contributed by atoms with van der Waals surface area (Å²) < 4.78 is 5.29. The van der Waals surface area contributed by atoms with Gasteiger partial charge >= 0.3 is 6.03 Å². The van der Waals surface area contributed by atoms with Crippen LogP contribution in [0.25, 0.3) is 0 Å². The fourth-order valence-corrected chi connectivity index (χ4v) is 1.90. The van der Waals surface area contributed by atoms with Crippen LogP contribution in [0.3, 0.4) is 0 Å². The summed E-state index contributed by atoms with van der Waals surface area (Å²) in [6.45, 7) is -0.0972. The van der Waals surface area contributed by atoms with Crippen LogP contribution in [0.1, 0.15) is 0 Å². The SMILES string of the molecule is O=C(NCOc1ccc(Cl)cc1)Nc1cc([N+](=O)[O-])ccc1Cl. The predicted molar refractivity (Wildman–Crippen MR) is 87.2 cm³/mol. The Morgan fingerprint density at radius 1 is 1.17 bits per heavy atom.